The van der Waals surface area contributed by atoms with Gasteiger partial charge in [0.1, 0.15) is 24.2 Å². The highest BCUT2D eigenvalue weighted by atomic mass is 19.1. The molecular formula is C23H26FN3O4. The van der Waals surface area contributed by atoms with E-state index in [0.29, 0.717) is 31.0 Å². The highest BCUT2D eigenvalue weighted by Crippen LogP contribution is 2.33. The van der Waals surface area contributed by atoms with Crippen LogP contribution < -0.4 is 0 Å². The van der Waals surface area contributed by atoms with Gasteiger partial charge in [-0.3, -0.25) is 9.59 Å². The molecule has 1 atom stereocenters. The van der Waals surface area contributed by atoms with Gasteiger partial charge in [0.25, 0.3) is 5.91 Å². The summed E-state index contributed by atoms with van der Waals surface area (Å²) in [5.41, 5.74) is 1.42. The average Bonchev–Trinajstić information content (AvgIpc) is 3.39. The van der Waals surface area contributed by atoms with Crippen molar-refractivity contribution in [1.82, 2.24) is 9.91 Å². The molecule has 0 bridgehead atoms. The summed E-state index contributed by atoms with van der Waals surface area (Å²) in [5, 5.41) is 5.94. The maximum atomic E-state index is 13.3. The average molecular weight is 427 g/mol. The van der Waals surface area contributed by atoms with Crippen LogP contribution in [0.1, 0.15) is 43.0 Å². The number of benzene rings is 1. The molecule has 0 N–H and O–H groups in total. The van der Waals surface area contributed by atoms with Crippen LogP contribution in [-0.4, -0.2) is 54.2 Å². The first kappa shape index (κ1) is 21.2. The van der Waals surface area contributed by atoms with Gasteiger partial charge in [-0.05, 0) is 42.7 Å². The number of hydrogen-bond acceptors (Lipinski definition) is 5. The maximum absolute atomic E-state index is 13.3. The SMILES string of the molecule is COCCN(CC(=O)N1N=C(c2ccc(F)cc2)C[C@H]1c1ccco1)C(=O)C1CCC1. The van der Waals surface area contributed by atoms with Gasteiger partial charge in [-0.25, -0.2) is 9.40 Å². The minimum Gasteiger partial charge on any atom is -0.467 e. The molecule has 0 saturated heterocycles. The lowest BCUT2D eigenvalue weighted by molar-refractivity contribution is -0.146. The summed E-state index contributed by atoms with van der Waals surface area (Å²) in [5.74, 6) is -0.0260. The van der Waals surface area contributed by atoms with Gasteiger partial charge in [0.05, 0.1) is 18.6 Å². The zero-order chi connectivity index (χ0) is 21.8. The Morgan fingerprint density at radius 1 is 1.26 bits per heavy atom. The Morgan fingerprint density at radius 2 is 2.03 bits per heavy atom. The lowest BCUT2D eigenvalue weighted by Gasteiger charge is -2.32. The third kappa shape index (κ3) is 4.69. The summed E-state index contributed by atoms with van der Waals surface area (Å²) in [6, 6.07) is 9.18. The second-order valence-corrected chi connectivity index (χ2v) is 7.91. The second-order valence-electron chi connectivity index (χ2n) is 7.91. The molecule has 2 aromatic rings. The van der Waals surface area contributed by atoms with Gasteiger partial charge in [-0.15, -0.1) is 0 Å². The van der Waals surface area contributed by atoms with Crippen LogP contribution >= 0.6 is 0 Å². The molecule has 1 saturated carbocycles. The number of ether oxygens (including phenoxy) is 1. The van der Waals surface area contributed by atoms with Gasteiger partial charge >= 0.3 is 0 Å². The third-order valence-electron chi connectivity index (χ3n) is 5.87. The van der Waals surface area contributed by atoms with Gasteiger partial charge in [0.2, 0.25) is 5.91 Å². The number of carbonyl (C=O) groups is 2. The van der Waals surface area contributed by atoms with E-state index in [0.717, 1.165) is 24.8 Å². The standard InChI is InChI=1S/C23H26FN3O4/c1-30-13-11-26(23(29)17-4-2-5-17)15-22(28)27-20(21-6-3-12-31-21)14-19(25-27)16-7-9-18(24)10-8-16/h3,6-10,12,17,20H,2,4-5,11,13-15H2,1H3/t20-/m0/s1. The van der Waals surface area contributed by atoms with Crippen LogP contribution in [-0.2, 0) is 14.3 Å². The summed E-state index contributed by atoms with van der Waals surface area (Å²) in [6.45, 7) is 0.638. The van der Waals surface area contributed by atoms with E-state index in [1.54, 1.807) is 42.5 Å². The normalized spacial score (nSPS) is 18.6. The lowest BCUT2D eigenvalue weighted by atomic mass is 9.84. The molecule has 2 heterocycles. The van der Waals surface area contributed by atoms with E-state index in [9.17, 15) is 14.0 Å². The number of amides is 2. The molecule has 31 heavy (non-hydrogen) atoms. The zero-order valence-electron chi connectivity index (χ0n) is 17.5. The Labute approximate surface area is 180 Å². The Hall–Kier alpha value is -3.00. The fraction of sp³-hybridized carbons (Fsp3) is 0.435. The van der Waals surface area contributed by atoms with Crippen LogP contribution in [0, 0.1) is 11.7 Å². The number of methoxy groups -OCH3 is 1. The topological polar surface area (TPSA) is 75.3 Å². The van der Waals surface area contributed by atoms with Crippen molar-refractivity contribution in [1.29, 1.82) is 0 Å². The van der Waals surface area contributed by atoms with Gasteiger partial charge in [0, 0.05) is 26.0 Å². The van der Waals surface area contributed by atoms with Crippen LogP contribution in [0.15, 0.2) is 52.2 Å². The summed E-state index contributed by atoms with van der Waals surface area (Å²) >= 11 is 0. The van der Waals surface area contributed by atoms with Gasteiger partial charge in [0.15, 0.2) is 0 Å². The first-order valence-corrected chi connectivity index (χ1v) is 10.5. The highest BCUT2D eigenvalue weighted by molar-refractivity contribution is 6.03. The molecule has 2 amide bonds. The highest BCUT2D eigenvalue weighted by Gasteiger charge is 2.37. The first-order chi connectivity index (χ1) is 15.1. The molecule has 7 nitrogen and oxygen atoms in total. The number of rotatable bonds is 8. The van der Waals surface area contributed by atoms with Gasteiger partial charge in [-0.2, -0.15) is 5.10 Å². The molecule has 1 aliphatic carbocycles. The van der Waals surface area contributed by atoms with Gasteiger partial charge in [-0.1, -0.05) is 18.6 Å². The van der Waals surface area contributed by atoms with E-state index >= 15 is 0 Å². The summed E-state index contributed by atoms with van der Waals surface area (Å²) in [6.07, 6.45) is 4.77. The maximum Gasteiger partial charge on any atom is 0.262 e. The minimum atomic E-state index is -0.411. The van der Waals surface area contributed by atoms with Gasteiger partial charge < -0.3 is 14.1 Å². The Bertz CT molecular complexity index is 938. The van der Waals surface area contributed by atoms with Crippen molar-refractivity contribution in [3.05, 3.63) is 59.8 Å². The number of furan rings is 1. The van der Waals surface area contributed by atoms with Crippen LogP contribution in [0.4, 0.5) is 4.39 Å². The van der Waals surface area contributed by atoms with Crippen LogP contribution in [0.5, 0.6) is 0 Å². The molecule has 164 valence electrons. The zero-order valence-corrected chi connectivity index (χ0v) is 17.5. The summed E-state index contributed by atoms with van der Waals surface area (Å²) in [7, 11) is 1.57. The summed E-state index contributed by atoms with van der Waals surface area (Å²) < 4.78 is 24.0. The van der Waals surface area contributed by atoms with E-state index in [1.165, 1.54) is 17.1 Å². The molecule has 1 fully saturated rings. The minimum absolute atomic E-state index is 0.00636. The predicted molar refractivity (Wildman–Crippen MR) is 112 cm³/mol. The Morgan fingerprint density at radius 3 is 2.65 bits per heavy atom. The molecule has 0 radical (unpaired) electrons. The molecule has 0 spiro atoms. The number of hydrogen-bond donors (Lipinski definition) is 0. The molecule has 8 heteroatoms. The van der Waals surface area contributed by atoms with Crippen LogP contribution in [0.25, 0.3) is 0 Å². The van der Waals surface area contributed by atoms with Crippen molar-refractivity contribution in [3.8, 4) is 0 Å². The van der Waals surface area contributed by atoms with Crippen LogP contribution in [0.3, 0.4) is 0 Å². The second kappa shape index (κ2) is 9.43. The number of carbonyl (C=O) groups excluding carboxylic acids is 2. The quantitative estimate of drug-likeness (QED) is 0.647. The third-order valence-corrected chi connectivity index (χ3v) is 5.87. The lowest BCUT2D eigenvalue weighted by Crippen LogP contribution is -2.46. The van der Waals surface area contributed by atoms with E-state index in [2.05, 4.69) is 5.10 Å². The van der Waals surface area contributed by atoms with Crippen molar-refractivity contribution < 1.29 is 23.1 Å². The monoisotopic (exact) mass is 427 g/mol. The number of hydrazone groups is 1. The van der Waals surface area contributed by atoms with Crippen molar-refractivity contribution in [2.75, 3.05) is 26.8 Å². The first-order valence-electron chi connectivity index (χ1n) is 10.5. The Balaban J connectivity index is 1.55. The van der Waals surface area contributed by atoms with Crippen molar-refractivity contribution in [3.63, 3.8) is 0 Å². The van der Waals surface area contributed by atoms with Crippen molar-refractivity contribution in [2.24, 2.45) is 11.0 Å². The van der Waals surface area contributed by atoms with E-state index in [4.69, 9.17) is 9.15 Å². The molecule has 2 aliphatic rings. The van der Waals surface area contributed by atoms with E-state index in [-0.39, 0.29) is 30.1 Å². The molecule has 1 aromatic carbocycles. The summed E-state index contributed by atoms with van der Waals surface area (Å²) in [4.78, 5) is 27.7. The Kier molecular flexibility index (Phi) is 6.46. The molecule has 4 rings (SSSR count). The molecule has 1 aliphatic heterocycles. The van der Waals surface area contributed by atoms with E-state index in [1.807, 2.05) is 0 Å². The smallest absolute Gasteiger partial charge is 0.262 e. The van der Waals surface area contributed by atoms with Crippen LogP contribution in [0.2, 0.25) is 0 Å². The number of halogens is 1. The van der Waals surface area contributed by atoms with Crippen molar-refractivity contribution in [2.45, 2.75) is 31.7 Å². The molecule has 1 aromatic heterocycles. The number of nitrogens with zero attached hydrogens (tertiary/aromatic N) is 3. The fourth-order valence-electron chi connectivity index (χ4n) is 3.88. The predicted octanol–water partition coefficient (Wildman–Crippen LogP) is 3.37. The molecular weight excluding hydrogens is 401 g/mol. The fourth-order valence-corrected chi connectivity index (χ4v) is 3.88. The largest absolute Gasteiger partial charge is 0.467 e. The van der Waals surface area contributed by atoms with E-state index < -0.39 is 6.04 Å². The molecule has 0 unspecified atom stereocenters. The van der Waals surface area contributed by atoms with Crippen molar-refractivity contribution >= 4 is 17.5 Å².